The fourth-order valence-corrected chi connectivity index (χ4v) is 8.43. The Labute approximate surface area is 214 Å². The molecule has 3 N–H and O–H groups in total. The minimum absolute atomic E-state index is 0.0262. The first-order valence-corrected chi connectivity index (χ1v) is 13.5. The molecule has 5 rings (SSSR count). The summed E-state index contributed by atoms with van der Waals surface area (Å²) in [6.07, 6.45) is 4.68. The van der Waals surface area contributed by atoms with Gasteiger partial charge in [-0.15, -0.1) is 0 Å². The normalized spacial score (nSPS) is 46.5. The van der Waals surface area contributed by atoms with Gasteiger partial charge in [-0.05, 0) is 61.5 Å². The molecule has 0 spiro atoms. The molecule has 0 aromatic heterocycles. The summed E-state index contributed by atoms with van der Waals surface area (Å²) in [5, 5.41) is 42.6. The largest absolute Gasteiger partial charge is 0.399 e. The van der Waals surface area contributed by atoms with Crippen LogP contribution in [0.25, 0.3) is 0 Å². The molecule has 1 saturated heterocycles. The van der Waals surface area contributed by atoms with Crippen molar-refractivity contribution >= 4 is 11.4 Å². The maximum atomic E-state index is 12.6. The summed E-state index contributed by atoms with van der Waals surface area (Å²) < 4.78 is 5.53. The van der Waals surface area contributed by atoms with Crippen molar-refractivity contribution in [3.05, 3.63) is 11.6 Å². The summed E-state index contributed by atoms with van der Waals surface area (Å²) in [6, 6.07) is 0. The molecular weight excluding hydrogens is 462 g/mol. The van der Waals surface area contributed by atoms with Gasteiger partial charge >= 0.3 is 0 Å². The molecule has 1 aliphatic heterocycles. The van der Waals surface area contributed by atoms with Crippen LogP contribution in [0, 0.1) is 28.6 Å². The van der Waals surface area contributed by atoms with E-state index in [1.54, 1.807) is 7.11 Å². The fraction of sp³-hybridized carbons (Fsp3) is 0.852. The van der Waals surface area contributed by atoms with Crippen molar-refractivity contribution in [2.24, 2.45) is 38.9 Å². The molecule has 0 radical (unpaired) electrons. The lowest BCUT2D eigenvalue weighted by molar-refractivity contribution is -0.116. The Bertz CT molecular complexity index is 932. The van der Waals surface area contributed by atoms with Gasteiger partial charge in [0.2, 0.25) is 0 Å². The number of oxime groups is 2. The Morgan fingerprint density at radius 1 is 1.08 bits per heavy atom. The van der Waals surface area contributed by atoms with Crippen molar-refractivity contribution < 1.29 is 29.7 Å². The van der Waals surface area contributed by atoms with E-state index in [1.807, 2.05) is 0 Å². The predicted octanol–water partition coefficient (Wildman–Crippen LogP) is 1.96. The minimum Gasteiger partial charge on any atom is -0.399 e. The van der Waals surface area contributed by atoms with Crippen LogP contribution in [0.3, 0.4) is 0 Å². The van der Waals surface area contributed by atoms with E-state index >= 15 is 0 Å². The molecule has 202 valence electrons. The lowest BCUT2D eigenvalue weighted by atomic mass is 9.46. The number of nitrogens with zero attached hydrogens (tertiary/aromatic N) is 3. The van der Waals surface area contributed by atoms with Crippen molar-refractivity contribution in [2.45, 2.75) is 70.2 Å². The van der Waals surface area contributed by atoms with E-state index in [4.69, 9.17) is 14.4 Å². The van der Waals surface area contributed by atoms with Crippen LogP contribution in [0.15, 0.2) is 22.0 Å². The highest BCUT2D eigenvalue weighted by molar-refractivity contribution is 5.99. The zero-order valence-corrected chi connectivity index (χ0v) is 22.2. The Morgan fingerprint density at radius 3 is 2.53 bits per heavy atom. The fourth-order valence-electron chi connectivity index (χ4n) is 8.43. The third-order valence-corrected chi connectivity index (χ3v) is 10.4. The number of hydrogen-bond donors (Lipinski definition) is 3. The van der Waals surface area contributed by atoms with Gasteiger partial charge in [-0.2, -0.15) is 0 Å². The number of ether oxygens (including phenoxy) is 1. The summed E-state index contributed by atoms with van der Waals surface area (Å²) in [5.74, 6) is 0.181. The molecule has 7 unspecified atom stereocenters. The molecule has 0 bridgehead atoms. The van der Waals surface area contributed by atoms with Gasteiger partial charge in [-0.3, -0.25) is 4.90 Å². The van der Waals surface area contributed by atoms with Crippen LogP contribution in [-0.2, 0) is 14.4 Å². The maximum Gasteiger partial charge on any atom is 0.106 e. The van der Waals surface area contributed by atoms with Gasteiger partial charge in [0, 0.05) is 36.9 Å². The Balaban J connectivity index is 1.51. The molecular formula is C27H43N3O6. The first-order chi connectivity index (χ1) is 17.2. The molecule has 3 saturated carbocycles. The molecule has 4 fully saturated rings. The van der Waals surface area contributed by atoms with Crippen molar-refractivity contribution in [3.8, 4) is 0 Å². The van der Waals surface area contributed by atoms with Crippen LogP contribution in [0.4, 0.5) is 0 Å². The molecule has 8 atom stereocenters. The summed E-state index contributed by atoms with van der Waals surface area (Å²) in [5.41, 5.74) is 1.06. The topological polar surface area (TPSA) is 116 Å². The van der Waals surface area contributed by atoms with Crippen LogP contribution in [0.2, 0.25) is 0 Å². The van der Waals surface area contributed by atoms with Crippen LogP contribution in [0.5, 0.6) is 0 Å². The maximum absolute atomic E-state index is 12.6. The monoisotopic (exact) mass is 505 g/mol. The number of aliphatic hydroxyl groups excluding tert-OH is 2. The van der Waals surface area contributed by atoms with Crippen molar-refractivity contribution in [1.82, 2.24) is 4.90 Å². The molecule has 4 aliphatic carbocycles. The number of fused-ring (bicyclic) bond motifs is 5. The Kier molecular flexibility index (Phi) is 7.00. The van der Waals surface area contributed by atoms with Gasteiger partial charge in [-0.25, -0.2) is 0 Å². The van der Waals surface area contributed by atoms with E-state index in [9.17, 15) is 15.3 Å². The number of rotatable bonds is 5. The summed E-state index contributed by atoms with van der Waals surface area (Å²) in [7, 11) is 3.13. The first kappa shape index (κ1) is 26.1. The molecule has 5 aliphatic rings. The standard InChI is InChI=1S/C27H43N3O6/c1-25-15-24(32)23(31)14-20(25)21(28-34-3)13-19-17(25)5-7-26(2)18(6-8-27(19,26)33)22(29-35-4)16-30-9-11-36-12-10-30/h13,17-18,20,23-24,31-33H,5-12,14-16H2,1-4H3/b28-21+,29-22-/t17?,18?,20?,23?,24?,25?,26?,27-/m1/s1. The highest BCUT2D eigenvalue weighted by Crippen LogP contribution is 2.67. The van der Waals surface area contributed by atoms with E-state index < -0.39 is 23.2 Å². The molecule has 9 heteroatoms. The smallest absolute Gasteiger partial charge is 0.106 e. The van der Waals surface area contributed by atoms with Gasteiger partial charge in [-0.1, -0.05) is 24.2 Å². The van der Waals surface area contributed by atoms with Gasteiger partial charge in [0.05, 0.1) is 42.4 Å². The quantitative estimate of drug-likeness (QED) is 0.386. The number of aliphatic hydroxyl groups is 3. The van der Waals surface area contributed by atoms with Gasteiger partial charge in [0.15, 0.2) is 0 Å². The molecule has 36 heavy (non-hydrogen) atoms. The van der Waals surface area contributed by atoms with Gasteiger partial charge in [0.25, 0.3) is 0 Å². The Hall–Kier alpha value is -1.52. The molecule has 0 aromatic carbocycles. The SMILES string of the molecule is CO/N=C1\C=C2C(CCC3(C)C(/C(CN4CCOCC4)=N\OC)CC[C@@]23O)C2(C)CC(O)C(O)CC12. The van der Waals surface area contributed by atoms with E-state index in [-0.39, 0.29) is 23.2 Å². The summed E-state index contributed by atoms with van der Waals surface area (Å²) in [6.45, 7) is 8.32. The predicted molar refractivity (Wildman–Crippen MR) is 136 cm³/mol. The van der Waals surface area contributed by atoms with Crippen molar-refractivity contribution in [3.63, 3.8) is 0 Å². The second kappa shape index (κ2) is 9.66. The average molecular weight is 506 g/mol. The minimum atomic E-state index is -1.01. The van der Waals surface area contributed by atoms with Crippen LogP contribution in [0.1, 0.15) is 52.4 Å². The molecule has 1 heterocycles. The summed E-state index contributed by atoms with van der Waals surface area (Å²) >= 11 is 0. The highest BCUT2D eigenvalue weighted by atomic mass is 16.6. The van der Waals surface area contributed by atoms with E-state index in [0.717, 1.165) is 69.1 Å². The zero-order valence-electron chi connectivity index (χ0n) is 22.2. The molecule has 0 aromatic rings. The van der Waals surface area contributed by atoms with E-state index in [1.165, 1.54) is 7.11 Å². The highest BCUT2D eigenvalue weighted by Gasteiger charge is 2.67. The first-order valence-electron chi connectivity index (χ1n) is 13.5. The average Bonchev–Trinajstić information content (AvgIpc) is 3.13. The second-order valence-electron chi connectivity index (χ2n) is 12.0. The summed E-state index contributed by atoms with van der Waals surface area (Å²) in [4.78, 5) is 12.9. The van der Waals surface area contributed by atoms with E-state index in [0.29, 0.717) is 19.3 Å². The Morgan fingerprint density at radius 2 is 1.83 bits per heavy atom. The van der Waals surface area contributed by atoms with Crippen LogP contribution in [-0.4, -0.2) is 96.5 Å². The zero-order chi connectivity index (χ0) is 25.7. The molecule has 0 amide bonds. The number of morpholine rings is 1. The third-order valence-electron chi connectivity index (χ3n) is 10.4. The third kappa shape index (κ3) is 3.93. The lowest BCUT2D eigenvalue weighted by Gasteiger charge is -2.60. The van der Waals surface area contributed by atoms with Crippen LogP contribution >= 0.6 is 0 Å². The van der Waals surface area contributed by atoms with Gasteiger partial charge < -0.3 is 29.7 Å². The molecule has 9 nitrogen and oxygen atoms in total. The van der Waals surface area contributed by atoms with Gasteiger partial charge in [0.1, 0.15) is 14.2 Å². The van der Waals surface area contributed by atoms with Crippen molar-refractivity contribution in [2.75, 3.05) is 47.1 Å². The second-order valence-corrected chi connectivity index (χ2v) is 12.0. The lowest BCUT2D eigenvalue weighted by Crippen LogP contribution is -2.61. The van der Waals surface area contributed by atoms with Crippen molar-refractivity contribution in [1.29, 1.82) is 0 Å². The van der Waals surface area contributed by atoms with E-state index in [2.05, 4.69) is 35.1 Å². The number of hydrogen-bond acceptors (Lipinski definition) is 9. The number of allylic oxidation sites excluding steroid dienone is 1. The van der Waals surface area contributed by atoms with Crippen LogP contribution < -0.4 is 0 Å².